The Labute approximate surface area is 147 Å². The van der Waals surface area contributed by atoms with Gasteiger partial charge in [-0.3, -0.25) is 9.69 Å². The highest BCUT2D eigenvalue weighted by Crippen LogP contribution is 2.33. The number of rotatable bonds is 3. The van der Waals surface area contributed by atoms with Crippen LogP contribution in [0.2, 0.25) is 0 Å². The summed E-state index contributed by atoms with van der Waals surface area (Å²) < 4.78 is 0. The Morgan fingerprint density at radius 3 is 2.60 bits per heavy atom. The van der Waals surface area contributed by atoms with Crippen molar-refractivity contribution in [2.45, 2.75) is 31.8 Å². The van der Waals surface area contributed by atoms with Gasteiger partial charge in [-0.15, -0.1) is 0 Å². The van der Waals surface area contributed by atoms with Crippen molar-refractivity contribution < 1.29 is 9.59 Å². The maximum absolute atomic E-state index is 13.1. The van der Waals surface area contributed by atoms with Crippen LogP contribution in [0.5, 0.6) is 0 Å². The van der Waals surface area contributed by atoms with Crippen molar-refractivity contribution in [1.29, 1.82) is 0 Å². The Bertz CT molecular complexity index is 823. The average molecular weight is 337 g/mol. The normalized spacial score (nSPS) is 24.8. The molecule has 2 N–H and O–H groups in total. The molecule has 3 amide bonds. The molecule has 2 aliphatic heterocycles. The molecule has 0 aliphatic carbocycles. The van der Waals surface area contributed by atoms with Gasteiger partial charge < -0.3 is 10.6 Å². The number of benzene rings is 2. The second-order valence-electron chi connectivity index (χ2n) is 7.19. The molecule has 0 aromatic heterocycles. The van der Waals surface area contributed by atoms with Crippen LogP contribution in [-0.4, -0.2) is 35.5 Å². The maximum Gasteiger partial charge on any atom is 0.325 e. The number of carbonyl (C=O) groups excluding carboxylic acids is 2. The van der Waals surface area contributed by atoms with Crippen molar-refractivity contribution in [1.82, 2.24) is 15.5 Å². The van der Waals surface area contributed by atoms with E-state index in [9.17, 15) is 9.59 Å². The summed E-state index contributed by atoms with van der Waals surface area (Å²) in [6, 6.07) is 13.8. The van der Waals surface area contributed by atoms with E-state index >= 15 is 0 Å². The standard InChI is InChI=1S/C20H23N3O2/c1-20(16-9-11-21-12-10-16)18(24)23(19(25)22-20)13-15-7-4-6-14-5-2-3-8-17(14)15/h2-8,16,21H,9-13H2,1H3,(H,22,25)/t20-/m0/s1. The lowest BCUT2D eigenvalue weighted by molar-refractivity contribution is -0.133. The van der Waals surface area contributed by atoms with Gasteiger partial charge in [-0.1, -0.05) is 42.5 Å². The minimum atomic E-state index is -0.788. The number of urea groups is 1. The van der Waals surface area contributed by atoms with E-state index in [2.05, 4.69) is 10.6 Å². The first-order chi connectivity index (χ1) is 12.1. The third-order valence-electron chi connectivity index (χ3n) is 5.67. The summed E-state index contributed by atoms with van der Waals surface area (Å²) in [6.07, 6.45) is 1.81. The van der Waals surface area contributed by atoms with Crippen LogP contribution < -0.4 is 10.6 Å². The van der Waals surface area contributed by atoms with Gasteiger partial charge in [0.25, 0.3) is 5.91 Å². The Morgan fingerprint density at radius 1 is 1.08 bits per heavy atom. The third kappa shape index (κ3) is 2.68. The van der Waals surface area contributed by atoms with E-state index in [0.29, 0.717) is 6.54 Å². The second-order valence-corrected chi connectivity index (χ2v) is 7.19. The molecule has 0 spiro atoms. The lowest BCUT2D eigenvalue weighted by atomic mass is 9.79. The quantitative estimate of drug-likeness (QED) is 0.847. The second kappa shape index (κ2) is 6.15. The highest BCUT2D eigenvalue weighted by Gasteiger charge is 2.52. The first-order valence-electron chi connectivity index (χ1n) is 8.91. The molecule has 2 fully saturated rings. The van der Waals surface area contributed by atoms with E-state index in [1.807, 2.05) is 49.4 Å². The summed E-state index contributed by atoms with van der Waals surface area (Å²) in [5.41, 5.74) is 0.209. The number of nitrogens with zero attached hydrogens (tertiary/aromatic N) is 1. The average Bonchev–Trinajstić information content (AvgIpc) is 2.87. The van der Waals surface area contributed by atoms with Crippen molar-refractivity contribution in [3.8, 4) is 0 Å². The van der Waals surface area contributed by atoms with Crippen LogP contribution in [0.4, 0.5) is 4.79 Å². The molecular weight excluding hydrogens is 314 g/mol. The number of nitrogens with one attached hydrogen (secondary N) is 2. The molecule has 2 aliphatic rings. The predicted molar refractivity (Wildman–Crippen MR) is 97.0 cm³/mol. The predicted octanol–water partition coefficient (Wildman–Crippen LogP) is 2.65. The number of imide groups is 1. The number of carbonyl (C=O) groups is 2. The van der Waals surface area contributed by atoms with Gasteiger partial charge >= 0.3 is 6.03 Å². The lowest BCUT2D eigenvalue weighted by Crippen LogP contribution is -2.53. The summed E-state index contributed by atoms with van der Waals surface area (Å²) >= 11 is 0. The van der Waals surface area contributed by atoms with Crippen LogP contribution >= 0.6 is 0 Å². The van der Waals surface area contributed by atoms with Crippen LogP contribution in [0.1, 0.15) is 25.3 Å². The topological polar surface area (TPSA) is 61.4 Å². The molecule has 0 bridgehead atoms. The Hall–Kier alpha value is -2.40. The van der Waals surface area contributed by atoms with E-state index in [0.717, 1.165) is 42.3 Å². The fourth-order valence-electron chi connectivity index (χ4n) is 4.14. The number of hydrogen-bond donors (Lipinski definition) is 2. The van der Waals surface area contributed by atoms with Crippen LogP contribution in [0.3, 0.4) is 0 Å². The van der Waals surface area contributed by atoms with Gasteiger partial charge in [0.15, 0.2) is 0 Å². The Morgan fingerprint density at radius 2 is 1.80 bits per heavy atom. The van der Waals surface area contributed by atoms with Gasteiger partial charge in [-0.2, -0.15) is 0 Å². The summed E-state index contributed by atoms with van der Waals surface area (Å²) in [7, 11) is 0. The molecule has 5 nitrogen and oxygen atoms in total. The molecule has 2 aromatic carbocycles. The highest BCUT2D eigenvalue weighted by molar-refractivity contribution is 6.07. The van der Waals surface area contributed by atoms with E-state index in [1.165, 1.54) is 4.90 Å². The van der Waals surface area contributed by atoms with Crippen molar-refractivity contribution in [2.75, 3.05) is 13.1 Å². The summed E-state index contributed by atoms with van der Waals surface area (Å²) in [5, 5.41) is 8.50. The molecule has 2 aromatic rings. The summed E-state index contributed by atoms with van der Waals surface area (Å²) in [6.45, 7) is 3.98. The molecule has 2 saturated heterocycles. The maximum atomic E-state index is 13.1. The highest BCUT2D eigenvalue weighted by atomic mass is 16.2. The summed E-state index contributed by atoms with van der Waals surface area (Å²) in [4.78, 5) is 27.0. The van der Waals surface area contributed by atoms with Crippen LogP contribution in [0, 0.1) is 5.92 Å². The number of piperidine rings is 1. The van der Waals surface area contributed by atoms with Crippen molar-refractivity contribution in [3.63, 3.8) is 0 Å². The van der Waals surface area contributed by atoms with E-state index in [4.69, 9.17) is 0 Å². The molecule has 5 heteroatoms. The molecule has 130 valence electrons. The number of fused-ring (bicyclic) bond motifs is 1. The zero-order chi connectivity index (χ0) is 17.4. The van der Waals surface area contributed by atoms with Gasteiger partial charge in [-0.05, 0) is 55.1 Å². The van der Waals surface area contributed by atoms with Gasteiger partial charge in [-0.25, -0.2) is 4.79 Å². The zero-order valence-corrected chi connectivity index (χ0v) is 14.4. The van der Waals surface area contributed by atoms with E-state index < -0.39 is 5.54 Å². The van der Waals surface area contributed by atoms with Gasteiger partial charge in [0.2, 0.25) is 0 Å². The third-order valence-corrected chi connectivity index (χ3v) is 5.67. The van der Waals surface area contributed by atoms with E-state index in [1.54, 1.807) is 0 Å². The molecule has 4 rings (SSSR count). The molecule has 1 atom stereocenters. The van der Waals surface area contributed by atoms with Crippen molar-refractivity contribution in [2.24, 2.45) is 5.92 Å². The van der Waals surface area contributed by atoms with Gasteiger partial charge in [0.05, 0.1) is 6.54 Å². The van der Waals surface area contributed by atoms with Gasteiger partial charge in [0, 0.05) is 0 Å². The first-order valence-corrected chi connectivity index (χ1v) is 8.91. The molecule has 0 saturated carbocycles. The SMILES string of the molecule is C[C@@]1(C2CCNCC2)NC(=O)N(Cc2cccc3ccccc23)C1=O. The Balaban J connectivity index is 1.62. The molecule has 2 heterocycles. The molecule has 25 heavy (non-hydrogen) atoms. The van der Waals surface area contributed by atoms with Crippen LogP contribution in [0.25, 0.3) is 10.8 Å². The van der Waals surface area contributed by atoms with Crippen LogP contribution in [0.15, 0.2) is 42.5 Å². The number of hydrogen-bond acceptors (Lipinski definition) is 3. The number of amides is 3. The largest absolute Gasteiger partial charge is 0.325 e. The lowest BCUT2D eigenvalue weighted by Gasteiger charge is -2.34. The summed E-state index contributed by atoms with van der Waals surface area (Å²) in [5.74, 6) is 0.0834. The fourth-order valence-corrected chi connectivity index (χ4v) is 4.14. The minimum absolute atomic E-state index is 0.0997. The van der Waals surface area contributed by atoms with Crippen molar-refractivity contribution in [3.05, 3.63) is 48.0 Å². The Kier molecular flexibility index (Phi) is 3.96. The molecule has 0 radical (unpaired) electrons. The minimum Gasteiger partial charge on any atom is -0.323 e. The fraction of sp³-hybridized carbons (Fsp3) is 0.400. The van der Waals surface area contributed by atoms with Crippen molar-refractivity contribution >= 4 is 22.7 Å². The monoisotopic (exact) mass is 337 g/mol. The van der Waals surface area contributed by atoms with E-state index in [-0.39, 0.29) is 17.9 Å². The van der Waals surface area contributed by atoms with Gasteiger partial charge in [0.1, 0.15) is 5.54 Å². The van der Waals surface area contributed by atoms with Crippen LogP contribution in [-0.2, 0) is 11.3 Å². The molecular formula is C20H23N3O2. The molecule has 0 unspecified atom stereocenters. The first kappa shape index (κ1) is 16.1. The zero-order valence-electron chi connectivity index (χ0n) is 14.4. The smallest absolute Gasteiger partial charge is 0.323 e.